The van der Waals surface area contributed by atoms with E-state index in [0.29, 0.717) is 6.61 Å². The highest BCUT2D eigenvalue weighted by atomic mass is 16.6. The minimum atomic E-state index is -1.07. The third kappa shape index (κ3) is 5.51. The zero-order chi connectivity index (χ0) is 18.9. The van der Waals surface area contributed by atoms with E-state index in [1.165, 1.54) is 48.9 Å². The van der Waals surface area contributed by atoms with Crippen LogP contribution in [0.3, 0.4) is 0 Å². The van der Waals surface area contributed by atoms with E-state index in [4.69, 9.17) is 15.2 Å². The SMILES string of the molecule is CCCCCCCCCO[C@H]1[C@@H](O)[C@H](n2ccc(N)nc2=O)O[C@@H]1CO. The lowest BCUT2D eigenvalue weighted by Gasteiger charge is -2.20. The van der Waals surface area contributed by atoms with Crippen molar-refractivity contribution in [2.24, 2.45) is 0 Å². The molecule has 26 heavy (non-hydrogen) atoms. The molecule has 8 heteroatoms. The molecule has 1 aliphatic rings. The highest BCUT2D eigenvalue weighted by Crippen LogP contribution is 2.30. The summed E-state index contributed by atoms with van der Waals surface area (Å²) in [7, 11) is 0. The molecule has 1 aromatic heterocycles. The minimum absolute atomic E-state index is 0.101. The number of nitrogens with zero attached hydrogens (tertiary/aromatic N) is 2. The number of unbranched alkanes of at least 4 members (excludes halogenated alkanes) is 6. The second kappa shape index (κ2) is 10.6. The van der Waals surface area contributed by atoms with Crippen molar-refractivity contribution < 1.29 is 19.7 Å². The number of aliphatic hydroxyl groups excluding tert-OH is 2. The molecule has 4 atom stereocenters. The van der Waals surface area contributed by atoms with Gasteiger partial charge in [0.15, 0.2) is 6.23 Å². The van der Waals surface area contributed by atoms with E-state index in [9.17, 15) is 15.0 Å². The lowest BCUT2D eigenvalue weighted by molar-refractivity contribution is -0.0625. The van der Waals surface area contributed by atoms with Gasteiger partial charge in [0.2, 0.25) is 0 Å². The van der Waals surface area contributed by atoms with Crippen molar-refractivity contribution in [3.05, 3.63) is 22.7 Å². The van der Waals surface area contributed by atoms with Crippen LogP contribution in [0.15, 0.2) is 17.1 Å². The van der Waals surface area contributed by atoms with Crippen molar-refractivity contribution in [1.82, 2.24) is 9.55 Å². The van der Waals surface area contributed by atoms with Crippen molar-refractivity contribution in [2.75, 3.05) is 18.9 Å². The molecule has 2 rings (SSSR count). The number of nitrogen functional groups attached to an aromatic ring is 1. The summed E-state index contributed by atoms with van der Waals surface area (Å²) in [5.74, 6) is 0.101. The maximum absolute atomic E-state index is 12.0. The minimum Gasteiger partial charge on any atom is -0.394 e. The summed E-state index contributed by atoms with van der Waals surface area (Å²) in [5.41, 5.74) is 4.87. The molecular weight excluding hydrogens is 338 g/mol. The van der Waals surface area contributed by atoms with Gasteiger partial charge < -0.3 is 25.4 Å². The van der Waals surface area contributed by atoms with E-state index < -0.39 is 30.2 Å². The molecule has 1 aliphatic heterocycles. The maximum Gasteiger partial charge on any atom is 0.351 e. The summed E-state index contributed by atoms with van der Waals surface area (Å²) < 4.78 is 12.6. The predicted octanol–water partition coefficient (Wildman–Crippen LogP) is 1.21. The number of aliphatic hydroxyl groups is 2. The molecule has 0 radical (unpaired) electrons. The highest BCUT2D eigenvalue weighted by molar-refractivity contribution is 5.23. The zero-order valence-corrected chi connectivity index (χ0v) is 15.4. The van der Waals surface area contributed by atoms with Crippen LogP contribution in [0, 0.1) is 0 Å². The number of rotatable bonds is 11. The standard InChI is InChI=1S/C18H31N3O5/c1-2-3-4-5-6-7-8-11-25-16-13(12-22)26-17(15(16)23)21-10-9-14(19)20-18(21)24/h9-10,13,15-17,22-23H,2-8,11-12H2,1H3,(H2,19,20,24)/t13-,15-,16-,17-/m1/s1. The van der Waals surface area contributed by atoms with Gasteiger partial charge in [0.05, 0.1) is 6.61 Å². The van der Waals surface area contributed by atoms with E-state index in [2.05, 4.69) is 11.9 Å². The fraction of sp³-hybridized carbons (Fsp3) is 0.778. The van der Waals surface area contributed by atoms with Crippen LogP contribution in [0.25, 0.3) is 0 Å². The van der Waals surface area contributed by atoms with Crippen LogP contribution in [-0.4, -0.2) is 51.3 Å². The summed E-state index contributed by atoms with van der Waals surface area (Å²) in [4.78, 5) is 15.6. The molecule has 0 saturated carbocycles. The van der Waals surface area contributed by atoms with Gasteiger partial charge in [0.1, 0.15) is 24.1 Å². The summed E-state index contributed by atoms with van der Waals surface area (Å²) in [6, 6.07) is 1.46. The molecule has 0 amide bonds. The first kappa shape index (κ1) is 20.8. The first-order valence-corrected chi connectivity index (χ1v) is 9.49. The second-order valence-corrected chi connectivity index (χ2v) is 6.74. The van der Waals surface area contributed by atoms with E-state index in [0.717, 1.165) is 12.8 Å². The summed E-state index contributed by atoms with van der Waals surface area (Å²) in [6.07, 6.45) is 6.17. The monoisotopic (exact) mass is 369 g/mol. The molecule has 1 fully saturated rings. The number of aromatic nitrogens is 2. The topological polar surface area (TPSA) is 120 Å². The zero-order valence-electron chi connectivity index (χ0n) is 15.4. The first-order chi connectivity index (χ1) is 12.6. The van der Waals surface area contributed by atoms with Gasteiger partial charge in [0.25, 0.3) is 0 Å². The normalized spacial score (nSPS) is 25.7. The third-order valence-electron chi connectivity index (χ3n) is 4.67. The van der Waals surface area contributed by atoms with Gasteiger partial charge in [-0.05, 0) is 12.5 Å². The molecule has 0 unspecified atom stereocenters. The van der Waals surface area contributed by atoms with Crippen molar-refractivity contribution in [2.45, 2.75) is 76.4 Å². The quantitative estimate of drug-likeness (QED) is 0.502. The van der Waals surface area contributed by atoms with Gasteiger partial charge >= 0.3 is 5.69 Å². The molecule has 0 aliphatic carbocycles. The summed E-state index contributed by atoms with van der Waals surface area (Å²) in [6.45, 7) is 2.38. The summed E-state index contributed by atoms with van der Waals surface area (Å²) in [5, 5.41) is 20.0. The molecule has 2 heterocycles. The van der Waals surface area contributed by atoms with Crippen LogP contribution < -0.4 is 11.4 Å². The lowest BCUT2D eigenvalue weighted by atomic mass is 10.1. The van der Waals surface area contributed by atoms with Gasteiger partial charge in [-0.15, -0.1) is 0 Å². The fourth-order valence-electron chi connectivity index (χ4n) is 3.20. The third-order valence-corrected chi connectivity index (χ3v) is 4.67. The molecule has 0 bridgehead atoms. The first-order valence-electron chi connectivity index (χ1n) is 9.49. The van der Waals surface area contributed by atoms with Gasteiger partial charge in [-0.2, -0.15) is 4.98 Å². The van der Waals surface area contributed by atoms with Gasteiger partial charge in [-0.1, -0.05) is 45.4 Å². The maximum atomic E-state index is 12.0. The number of nitrogens with two attached hydrogens (primary N) is 1. The van der Waals surface area contributed by atoms with Crippen molar-refractivity contribution in [3.8, 4) is 0 Å². The van der Waals surface area contributed by atoms with Gasteiger partial charge in [0, 0.05) is 12.8 Å². The van der Waals surface area contributed by atoms with Crippen molar-refractivity contribution in [3.63, 3.8) is 0 Å². The molecule has 148 valence electrons. The van der Waals surface area contributed by atoms with Crippen LogP contribution in [0.1, 0.15) is 58.1 Å². The van der Waals surface area contributed by atoms with E-state index >= 15 is 0 Å². The summed E-state index contributed by atoms with van der Waals surface area (Å²) >= 11 is 0. The van der Waals surface area contributed by atoms with Crippen LogP contribution >= 0.6 is 0 Å². The Kier molecular flexibility index (Phi) is 8.50. The van der Waals surface area contributed by atoms with Crippen LogP contribution in [0.2, 0.25) is 0 Å². The Morgan fingerprint density at radius 2 is 1.96 bits per heavy atom. The van der Waals surface area contributed by atoms with E-state index in [1.807, 2.05) is 0 Å². The second-order valence-electron chi connectivity index (χ2n) is 6.74. The van der Waals surface area contributed by atoms with Gasteiger partial charge in [-0.3, -0.25) is 4.57 Å². The average Bonchev–Trinajstić information content (AvgIpc) is 2.93. The van der Waals surface area contributed by atoms with Crippen LogP contribution in [-0.2, 0) is 9.47 Å². The molecule has 1 saturated heterocycles. The Bertz CT molecular complexity index is 594. The van der Waals surface area contributed by atoms with Crippen LogP contribution in [0.5, 0.6) is 0 Å². The molecule has 0 spiro atoms. The Morgan fingerprint density at radius 1 is 1.27 bits per heavy atom. The number of hydrogen-bond acceptors (Lipinski definition) is 7. The van der Waals surface area contributed by atoms with Crippen LogP contribution in [0.4, 0.5) is 5.82 Å². The van der Waals surface area contributed by atoms with E-state index in [1.54, 1.807) is 0 Å². The Hall–Kier alpha value is -1.48. The molecular formula is C18H31N3O5. The Balaban J connectivity index is 1.83. The molecule has 1 aromatic rings. The number of ether oxygens (including phenoxy) is 2. The predicted molar refractivity (Wildman–Crippen MR) is 97.6 cm³/mol. The molecule has 0 aromatic carbocycles. The van der Waals surface area contributed by atoms with Crippen molar-refractivity contribution >= 4 is 5.82 Å². The largest absolute Gasteiger partial charge is 0.394 e. The Labute approximate surface area is 154 Å². The van der Waals surface area contributed by atoms with Gasteiger partial charge in [-0.25, -0.2) is 4.79 Å². The van der Waals surface area contributed by atoms with E-state index in [-0.39, 0.29) is 12.4 Å². The molecule has 8 nitrogen and oxygen atoms in total. The smallest absolute Gasteiger partial charge is 0.351 e. The van der Waals surface area contributed by atoms with Crippen molar-refractivity contribution in [1.29, 1.82) is 0 Å². The lowest BCUT2D eigenvalue weighted by Crippen LogP contribution is -2.38. The number of hydrogen-bond donors (Lipinski definition) is 3. The highest BCUT2D eigenvalue weighted by Gasteiger charge is 2.45. The average molecular weight is 369 g/mol. The number of anilines is 1. The molecule has 4 N–H and O–H groups in total. The fourth-order valence-corrected chi connectivity index (χ4v) is 3.20. The Morgan fingerprint density at radius 3 is 2.62 bits per heavy atom.